The molecule has 7 nitrogen and oxygen atoms in total. The van der Waals surface area contributed by atoms with Crippen molar-refractivity contribution < 1.29 is 9.59 Å². The number of nitrogens with one attached hydrogen (secondary N) is 2. The summed E-state index contributed by atoms with van der Waals surface area (Å²) in [6.07, 6.45) is 2.80. The van der Waals surface area contributed by atoms with Gasteiger partial charge in [0.25, 0.3) is 0 Å². The van der Waals surface area contributed by atoms with Crippen molar-refractivity contribution in [2.24, 2.45) is 7.05 Å². The van der Waals surface area contributed by atoms with E-state index in [0.29, 0.717) is 12.3 Å². The lowest BCUT2D eigenvalue weighted by Crippen LogP contribution is -2.44. The van der Waals surface area contributed by atoms with E-state index in [1.165, 1.54) is 5.56 Å². The largest absolute Gasteiger partial charge is 0.329 e. The van der Waals surface area contributed by atoms with E-state index >= 15 is 0 Å². The minimum atomic E-state index is -0.631. The maximum absolute atomic E-state index is 12.9. The normalized spacial score (nSPS) is 22.0. The molecule has 7 heteroatoms. The number of fused-ring (bicyclic) bond motifs is 1. The molecule has 2 amide bonds. The molecule has 2 aliphatic heterocycles. The summed E-state index contributed by atoms with van der Waals surface area (Å²) in [5, 5.41) is 5.74. The molecule has 2 aromatic rings. The molecule has 1 aromatic heterocycles. The maximum Gasteiger partial charge on any atom is 0.329 e. The first-order valence-electron chi connectivity index (χ1n) is 9.23. The molecule has 0 saturated carbocycles. The molecule has 0 aliphatic carbocycles. The van der Waals surface area contributed by atoms with Crippen molar-refractivity contribution in [2.75, 3.05) is 13.1 Å². The highest BCUT2D eigenvalue weighted by Gasteiger charge is 2.31. The van der Waals surface area contributed by atoms with E-state index in [4.69, 9.17) is 0 Å². The molecule has 0 bridgehead atoms. The topological polar surface area (TPSA) is 85.1 Å². The lowest BCUT2D eigenvalue weighted by Gasteiger charge is -2.25. The van der Waals surface area contributed by atoms with Gasteiger partial charge in [0.2, 0.25) is 11.8 Å². The number of hydrogen-bond donors (Lipinski definition) is 2. The molecule has 2 aliphatic rings. The van der Waals surface area contributed by atoms with Crippen molar-refractivity contribution in [2.45, 2.75) is 44.6 Å². The molecule has 2 N–H and O–H groups in total. The van der Waals surface area contributed by atoms with Crippen LogP contribution in [0.1, 0.15) is 48.8 Å². The zero-order chi connectivity index (χ0) is 18.4. The van der Waals surface area contributed by atoms with Gasteiger partial charge >= 0.3 is 5.69 Å². The van der Waals surface area contributed by atoms with Crippen LogP contribution in [0.4, 0.5) is 0 Å². The van der Waals surface area contributed by atoms with Crippen molar-refractivity contribution in [3.63, 3.8) is 0 Å². The van der Waals surface area contributed by atoms with Crippen LogP contribution in [0.15, 0.2) is 16.9 Å². The Morgan fingerprint density at radius 3 is 2.46 bits per heavy atom. The molecule has 138 valence electrons. The molecule has 0 radical (unpaired) electrons. The number of imide groups is 1. The lowest BCUT2D eigenvalue weighted by atomic mass is 9.87. The van der Waals surface area contributed by atoms with E-state index in [9.17, 15) is 14.4 Å². The van der Waals surface area contributed by atoms with Gasteiger partial charge in [-0.05, 0) is 68.5 Å². The second-order valence-electron chi connectivity index (χ2n) is 7.40. The fourth-order valence-electron chi connectivity index (χ4n) is 4.33. The second kappa shape index (κ2) is 6.39. The van der Waals surface area contributed by atoms with Crippen molar-refractivity contribution in [3.05, 3.63) is 33.7 Å². The highest BCUT2D eigenvalue weighted by atomic mass is 16.2. The minimum absolute atomic E-state index is 0.212. The molecule has 2 fully saturated rings. The number of nitrogens with zero attached hydrogens (tertiary/aromatic N) is 2. The predicted molar refractivity (Wildman–Crippen MR) is 98.2 cm³/mol. The van der Waals surface area contributed by atoms with Gasteiger partial charge in [-0.15, -0.1) is 0 Å². The lowest BCUT2D eigenvalue weighted by molar-refractivity contribution is -0.135. The minimum Gasteiger partial charge on any atom is -0.317 e. The summed E-state index contributed by atoms with van der Waals surface area (Å²) in [5.74, 6) is -0.172. The Morgan fingerprint density at radius 1 is 1.04 bits per heavy atom. The third-order valence-electron chi connectivity index (χ3n) is 5.78. The monoisotopic (exact) mass is 356 g/mol. The van der Waals surface area contributed by atoms with Gasteiger partial charge < -0.3 is 5.32 Å². The fourth-order valence-corrected chi connectivity index (χ4v) is 4.33. The molecule has 1 unspecified atom stereocenters. The number of imidazole rings is 1. The number of rotatable bonds is 2. The number of carbonyl (C=O) groups is 2. The summed E-state index contributed by atoms with van der Waals surface area (Å²) in [4.78, 5) is 36.6. The first-order chi connectivity index (χ1) is 12.5. The SMILES string of the molecule is Cc1cc2c(cc1C1CCNCC1)n(C)c(=O)n2C1CCC(=O)NC1=O. The molecule has 1 atom stereocenters. The standard InChI is InChI=1S/C19H24N4O3/c1-11-9-16-15(10-13(11)12-5-7-20-8-6-12)22(2)19(26)23(16)14-3-4-17(24)21-18(14)25/h9-10,12,14,20H,3-8H2,1-2H3,(H,21,24,25). The summed E-state index contributed by atoms with van der Waals surface area (Å²) < 4.78 is 3.17. The average Bonchev–Trinajstić information content (AvgIpc) is 2.86. The smallest absolute Gasteiger partial charge is 0.317 e. The van der Waals surface area contributed by atoms with Crippen LogP contribution in [0.5, 0.6) is 0 Å². The number of hydrogen-bond acceptors (Lipinski definition) is 4. The van der Waals surface area contributed by atoms with Gasteiger partial charge in [0.1, 0.15) is 6.04 Å². The van der Waals surface area contributed by atoms with E-state index in [1.807, 2.05) is 6.07 Å². The Kier molecular flexibility index (Phi) is 4.19. The summed E-state index contributed by atoms with van der Waals surface area (Å²) in [6, 6.07) is 3.51. The highest BCUT2D eigenvalue weighted by molar-refractivity contribution is 6.00. The van der Waals surface area contributed by atoms with Crippen LogP contribution >= 0.6 is 0 Å². The van der Waals surface area contributed by atoms with E-state index in [1.54, 1.807) is 16.2 Å². The maximum atomic E-state index is 12.9. The Labute approximate surface area is 151 Å². The van der Waals surface area contributed by atoms with E-state index in [-0.39, 0.29) is 18.0 Å². The van der Waals surface area contributed by atoms with Gasteiger partial charge in [-0.3, -0.25) is 24.0 Å². The van der Waals surface area contributed by atoms with E-state index < -0.39 is 11.9 Å². The summed E-state index contributed by atoms with van der Waals surface area (Å²) in [5.41, 5.74) is 3.84. The van der Waals surface area contributed by atoms with E-state index in [2.05, 4.69) is 23.6 Å². The number of piperidine rings is 2. The first kappa shape index (κ1) is 17.0. The van der Waals surface area contributed by atoms with Gasteiger partial charge in [0.15, 0.2) is 0 Å². The predicted octanol–water partition coefficient (Wildman–Crippen LogP) is 1.09. The molecular weight excluding hydrogens is 332 g/mol. The Balaban J connectivity index is 1.84. The molecule has 2 saturated heterocycles. The number of aromatic nitrogens is 2. The van der Waals surface area contributed by atoms with Crippen molar-refractivity contribution in [3.8, 4) is 0 Å². The first-order valence-corrected chi connectivity index (χ1v) is 9.23. The van der Waals surface area contributed by atoms with Gasteiger partial charge in [0, 0.05) is 13.5 Å². The number of benzene rings is 1. The van der Waals surface area contributed by atoms with Gasteiger partial charge in [0.05, 0.1) is 11.0 Å². The molecule has 0 spiro atoms. The zero-order valence-corrected chi connectivity index (χ0v) is 15.2. The zero-order valence-electron chi connectivity index (χ0n) is 15.2. The van der Waals surface area contributed by atoms with Gasteiger partial charge in [-0.25, -0.2) is 4.79 Å². The number of amides is 2. The van der Waals surface area contributed by atoms with Crippen LogP contribution in [-0.4, -0.2) is 34.0 Å². The second-order valence-corrected chi connectivity index (χ2v) is 7.40. The van der Waals surface area contributed by atoms with Crippen LogP contribution in [-0.2, 0) is 16.6 Å². The van der Waals surface area contributed by atoms with Crippen molar-refractivity contribution in [1.82, 2.24) is 19.8 Å². The average molecular weight is 356 g/mol. The third-order valence-corrected chi connectivity index (χ3v) is 5.78. The number of carbonyl (C=O) groups excluding carboxylic acids is 2. The van der Waals surface area contributed by atoms with E-state index in [0.717, 1.165) is 42.5 Å². The number of aryl methyl sites for hydroxylation is 2. The van der Waals surface area contributed by atoms with Crippen LogP contribution in [0, 0.1) is 6.92 Å². The Bertz CT molecular complexity index is 950. The van der Waals surface area contributed by atoms with Crippen LogP contribution in [0.3, 0.4) is 0 Å². The third kappa shape index (κ3) is 2.67. The van der Waals surface area contributed by atoms with Gasteiger partial charge in [-0.2, -0.15) is 0 Å². The molecule has 4 rings (SSSR count). The molecule has 1 aromatic carbocycles. The molecular formula is C19H24N4O3. The molecule has 26 heavy (non-hydrogen) atoms. The Hall–Kier alpha value is -2.41. The summed E-state index contributed by atoms with van der Waals surface area (Å²) in [6.45, 7) is 4.10. The highest BCUT2D eigenvalue weighted by Crippen LogP contribution is 2.32. The summed E-state index contributed by atoms with van der Waals surface area (Å²) >= 11 is 0. The van der Waals surface area contributed by atoms with Gasteiger partial charge in [-0.1, -0.05) is 0 Å². The van der Waals surface area contributed by atoms with Crippen LogP contribution in [0.2, 0.25) is 0 Å². The molecule has 3 heterocycles. The quantitative estimate of drug-likeness (QED) is 0.789. The van der Waals surface area contributed by atoms with Crippen molar-refractivity contribution >= 4 is 22.8 Å². The fraction of sp³-hybridized carbons (Fsp3) is 0.526. The van der Waals surface area contributed by atoms with Crippen LogP contribution in [0.25, 0.3) is 11.0 Å². The van der Waals surface area contributed by atoms with Crippen molar-refractivity contribution in [1.29, 1.82) is 0 Å². The Morgan fingerprint density at radius 2 is 1.77 bits per heavy atom. The van der Waals surface area contributed by atoms with Crippen LogP contribution < -0.4 is 16.3 Å². The summed E-state index contributed by atoms with van der Waals surface area (Å²) in [7, 11) is 1.74.